The minimum absolute atomic E-state index is 0.0694. The molecule has 2 unspecified atom stereocenters. The van der Waals surface area contributed by atoms with Crippen LogP contribution in [-0.4, -0.2) is 51.9 Å². The fraction of sp³-hybridized carbons (Fsp3) is 0.667. The van der Waals surface area contributed by atoms with Gasteiger partial charge < -0.3 is 32.5 Å². The number of hydrogen-bond acceptors (Lipinski definition) is 6. The standard InChI is InChI=1S/3C3H7NO2/c2*1-2(4)3(5)6;4-2-1-3(5)6/h2*2H,4H2,1H3,(H,5,6);1-2,4H2,(H,5,6). The third-order valence-corrected chi connectivity index (χ3v) is 1.14. The Labute approximate surface area is 105 Å². The van der Waals surface area contributed by atoms with Crippen LogP contribution in [0.25, 0.3) is 0 Å². The lowest BCUT2D eigenvalue weighted by atomic mass is 10.4. The Morgan fingerprint density at radius 3 is 1.17 bits per heavy atom. The fourth-order valence-electron chi connectivity index (χ4n) is 0.123. The Bertz CT molecular complexity index is 237. The molecule has 0 amide bonds. The summed E-state index contributed by atoms with van der Waals surface area (Å²) in [4.78, 5) is 28.7. The topological polar surface area (TPSA) is 190 Å². The largest absolute Gasteiger partial charge is 0.481 e. The minimum atomic E-state index is -0.963. The van der Waals surface area contributed by atoms with E-state index in [0.717, 1.165) is 0 Å². The first kappa shape index (κ1) is 21.6. The van der Waals surface area contributed by atoms with E-state index in [2.05, 4.69) is 0 Å². The summed E-state index contributed by atoms with van der Waals surface area (Å²) in [6.45, 7) is 3.07. The fourth-order valence-corrected chi connectivity index (χ4v) is 0.123. The molecule has 18 heavy (non-hydrogen) atoms. The van der Waals surface area contributed by atoms with Crippen LogP contribution in [0, 0.1) is 0 Å². The summed E-state index contributed by atoms with van der Waals surface area (Å²) in [6, 6.07) is -1.46. The molecular weight excluding hydrogens is 246 g/mol. The van der Waals surface area contributed by atoms with Crippen LogP contribution in [0.15, 0.2) is 0 Å². The molecule has 0 aliphatic rings. The smallest absolute Gasteiger partial charge is 0.320 e. The molecule has 0 heterocycles. The van der Waals surface area contributed by atoms with Gasteiger partial charge in [0.05, 0.1) is 6.42 Å². The third kappa shape index (κ3) is 29.2. The van der Waals surface area contributed by atoms with Gasteiger partial charge in [-0.05, 0) is 13.8 Å². The van der Waals surface area contributed by atoms with Crippen LogP contribution in [0.1, 0.15) is 20.3 Å². The molecule has 0 aromatic carbocycles. The quantitative estimate of drug-likeness (QED) is 0.343. The highest BCUT2D eigenvalue weighted by atomic mass is 16.4. The van der Waals surface area contributed by atoms with Gasteiger partial charge in [-0.2, -0.15) is 0 Å². The first-order valence-corrected chi connectivity index (χ1v) is 4.94. The number of carboxylic acid groups (broad SMARTS) is 3. The summed E-state index contributed by atoms with van der Waals surface area (Å²) in [5.41, 5.74) is 14.5. The van der Waals surface area contributed by atoms with Crippen molar-refractivity contribution in [1.82, 2.24) is 0 Å². The molecule has 0 aromatic heterocycles. The average Bonchev–Trinajstić information content (AvgIpc) is 2.18. The van der Waals surface area contributed by atoms with Gasteiger partial charge in [-0.3, -0.25) is 14.4 Å². The van der Waals surface area contributed by atoms with Gasteiger partial charge in [-0.1, -0.05) is 0 Å². The molecule has 0 spiro atoms. The lowest BCUT2D eigenvalue weighted by Gasteiger charge is -1.90. The second-order valence-electron chi connectivity index (χ2n) is 3.19. The summed E-state index contributed by atoms with van der Waals surface area (Å²) in [5.74, 6) is -2.76. The van der Waals surface area contributed by atoms with Crippen LogP contribution in [0.4, 0.5) is 0 Å². The van der Waals surface area contributed by atoms with Crippen LogP contribution >= 0.6 is 0 Å². The summed E-state index contributed by atoms with van der Waals surface area (Å²) in [7, 11) is 0. The molecular formula is C9H21N3O6. The van der Waals surface area contributed by atoms with E-state index in [1.54, 1.807) is 0 Å². The van der Waals surface area contributed by atoms with Crippen LogP contribution in [-0.2, 0) is 14.4 Å². The second-order valence-corrected chi connectivity index (χ2v) is 3.19. The maximum absolute atomic E-state index is 9.57. The van der Waals surface area contributed by atoms with Crippen molar-refractivity contribution in [3.63, 3.8) is 0 Å². The van der Waals surface area contributed by atoms with Crippen molar-refractivity contribution in [3.8, 4) is 0 Å². The van der Waals surface area contributed by atoms with Crippen molar-refractivity contribution >= 4 is 17.9 Å². The molecule has 0 radical (unpaired) electrons. The highest BCUT2D eigenvalue weighted by molar-refractivity contribution is 5.72. The zero-order chi connectivity index (χ0) is 15.3. The average molecular weight is 267 g/mol. The summed E-state index contributed by atoms with van der Waals surface area (Å²) < 4.78 is 0. The molecule has 108 valence electrons. The first-order chi connectivity index (χ1) is 8.06. The van der Waals surface area contributed by atoms with E-state index in [1.165, 1.54) is 13.8 Å². The predicted molar refractivity (Wildman–Crippen MR) is 63.9 cm³/mol. The van der Waals surface area contributed by atoms with Crippen LogP contribution in [0.3, 0.4) is 0 Å². The Morgan fingerprint density at radius 1 is 0.944 bits per heavy atom. The van der Waals surface area contributed by atoms with Crippen molar-refractivity contribution in [2.24, 2.45) is 17.2 Å². The SMILES string of the molecule is CC(N)C(=O)O.CC(N)C(=O)O.NCCC(=O)O. The van der Waals surface area contributed by atoms with Gasteiger partial charge >= 0.3 is 17.9 Å². The molecule has 0 aromatic rings. The number of rotatable bonds is 4. The van der Waals surface area contributed by atoms with Gasteiger partial charge in [-0.15, -0.1) is 0 Å². The molecule has 9 nitrogen and oxygen atoms in total. The lowest BCUT2D eigenvalue weighted by Crippen LogP contribution is -2.25. The molecule has 2 atom stereocenters. The van der Waals surface area contributed by atoms with Crippen LogP contribution in [0.2, 0.25) is 0 Å². The zero-order valence-corrected chi connectivity index (χ0v) is 10.4. The molecule has 9 N–H and O–H groups in total. The van der Waals surface area contributed by atoms with E-state index >= 15 is 0 Å². The molecule has 0 saturated heterocycles. The Hall–Kier alpha value is -1.71. The van der Waals surface area contributed by atoms with Gasteiger partial charge in [0.2, 0.25) is 0 Å². The lowest BCUT2D eigenvalue weighted by molar-refractivity contribution is -0.139. The molecule has 0 rings (SSSR count). The van der Waals surface area contributed by atoms with Crippen molar-refractivity contribution in [1.29, 1.82) is 0 Å². The Balaban J connectivity index is -0.000000187. The van der Waals surface area contributed by atoms with Crippen molar-refractivity contribution in [2.75, 3.05) is 6.54 Å². The van der Waals surface area contributed by atoms with Gasteiger partial charge in [0, 0.05) is 6.54 Å². The molecule has 0 saturated carbocycles. The van der Waals surface area contributed by atoms with E-state index in [0.29, 0.717) is 0 Å². The van der Waals surface area contributed by atoms with E-state index in [4.69, 9.17) is 32.5 Å². The van der Waals surface area contributed by atoms with Crippen LogP contribution in [0.5, 0.6) is 0 Å². The summed E-state index contributed by atoms with van der Waals surface area (Å²) in [5, 5.41) is 23.6. The van der Waals surface area contributed by atoms with Crippen LogP contribution < -0.4 is 17.2 Å². The molecule has 0 aliphatic heterocycles. The normalized spacial score (nSPS) is 11.8. The summed E-state index contributed by atoms with van der Waals surface area (Å²) >= 11 is 0. The second kappa shape index (κ2) is 13.4. The summed E-state index contributed by atoms with van der Waals surface area (Å²) in [6.07, 6.45) is 0.0694. The maximum atomic E-state index is 9.57. The van der Waals surface area contributed by atoms with E-state index in [1.807, 2.05) is 0 Å². The Kier molecular flexibility index (Phi) is 16.0. The Morgan fingerprint density at radius 2 is 1.17 bits per heavy atom. The molecule has 0 fully saturated rings. The molecule has 0 aliphatic carbocycles. The van der Waals surface area contributed by atoms with Crippen molar-refractivity contribution in [2.45, 2.75) is 32.4 Å². The number of nitrogens with two attached hydrogens (primary N) is 3. The molecule has 0 bridgehead atoms. The van der Waals surface area contributed by atoms with Gasteiger partial charge in [-0.25, -0.2) is 0 Å². The van der Waals surface area contributed by atoms with E-state index < -0.39 is 30.0 Å². The van der Waals surface area contributed by atoms with E-state index in [9.17, 15) is 14.4 Å². The van der Waals surface area contributed by atoms with Gasteiger partial charge in [0.25, 0.3) is 0 Å². The predicted octanol–water partition coefficient (Wildman–Crippen LogP) is -1.74. The van der Waals surface area contributed by atoms with Crippen molar-refractivity contribution in [3.05, 3.63) is 0 Å². The van der Waals surface area contributed by atoms with Gasteiger partial charge in [0.1, 0.15) is 12.1 Å². The number of hydrogen-bond donors (Lipinski definition) is 6. The maximum Gasteiger partial charge on any atom is 0.320 e. The first-order valence-electron chi connectivity index (χ1n) is 4.94. The number of carboxylic acids is 3. The van der Waals surface area contributed by atoms with Gasteiger partial charge in [0.15, 0.2) is 0 Å². The molecule has 9 heteroatoms. The monoisotopic (exact) mass is 267 g/mol. The highest BCUT2D eigenvalue weighted by Gasteiger charge is 2.00. The van der Waals surface area contributed by atoms with Crippen molar-refractivity contribution < 1.29 is 29.7 Å². The highest BCUT2D eigenvalue weighted by Crippen LogP contribution is 1.69. The third-order valence-electron chi connectivity index (χ3n) is 1.14. The number of aliphatic carboxylic acids is 3. The zero-order valence-electron chi connectivity index (χ0n) is 10.4. The number of carbonyl (C=O) groups is 3. The minimum Gasteiger partial charge on any atom is -0.481 e. The van der Waals surface area contributed by atoms with E-state index in [-0.39, 0.29) is 13.0 Å².